The van der Waals surface area contributed by atoms with Crippen LogP contribution in [-0.4, -0.2) is 27.2 Å². The molecule has 24 heavy (non-hydrogen) atoms. The summed E-state index contributed by atoms with van der Waals surface area (Å²) < 4.78 is 29.4. The average Bonchev–Trinajstić information content (AvgIpc) is 2.60. The number of ether oxygens (including phenoxy) is 1. The van der Waals surface area contributed by atoms with Crippen LogP contribution in [0.5, 0.6) is 5.75 Å². The van der Waals surface area contributed by atoms with Gasteiger partial charge in [-0.2, -0.15) is 0 Å². The zero-order valence-corrected chi connectivity index (χ0v) is 13.9. The number of nitrogens with one attached hydrogen (secondary N) is 2. The summed E-state index contributed by atoms with van der Waals surface area (Å²) in [6, 6.07) is 11.7. The van der Waals surface area contributed by atoms with E-state index in [1.165, 1.54) is 50.4 Å². The molecule has 2 aromatic carbocycles. The van der Waals surface area contributed by atoms with Gasteiger partial charge in [0.1, 0.15) is 5.75 Å². The second-order valence-electron chi connectivity index (χ2n) is 4.87. The summed E-state index contributed by atoms with van der Waals surface area (Å²) in [5, 5.41) is 0. The molecule has 2 aromatic rings. The van der Waals surface area contributed by atoms with Gasteiger partial charge in [0.25, 0.3) is 15.9 Å². The predicted octanol–water partition coefficient (Wildman–Crippen LogP) is 1.52. The summed E-state index contributed by atoms with van der Waals surface area (Å²) in [5.74, 6) is -0.300. The Labute approximate surface area is 139 Å². The molecule has 2 rings (SSSR count). The zero-order valence-electron chi connectivity index (χ0n) is 13.1. The van der Waals surface area contributed by atoms with Crippen molar-refractivity contribution in [2.24, 2.45) is 0 Å². The number of Topliss-reactive ketones (excluding diaryl/α,β-unsaturated/α-hetero) is 1. The first-order valence-electron chi connectivity index (χ1n) is 6.90. The van der Waals surface area contributed by atoms with Gasteiger partial charge in [-0.3, -0.25) is 15.0 Å². The number of methoxy groups -OCH3 is 1. The van der Waals surface area contributed by atoms with Crippen molar-refractivity contribution in [2.75, 3.05) is 7.11 Å². The number of ketones is 1. The fraction of sp³-hybridized carbons (Fsp3) is 0.125. The quantitative estimate of drug-likeness (QED) is 0.609. The van der Waals surface area contributed by atoms with Crippen LogP contribution in [0.4, 0.5) is 0 Å². The molecular weight excluding hydrogens is 332 g/mol. The number of benzene rings is 2. The number of hydrogen-bond acceptors (Lipinski definition) is 5. The van der Waals surface area contributed by atoms with Crippen molar-refractivity contribution < 1.29 is 22.7 Å². The Balaban J connectivity index is 2.10. The third-order valence-corrected chi connectivity index (χ3v) is 4.45. The molecule has 0 aromatic heterocycles. The van der Waals surface area contributed by atoms with E-state index in [1.807, 2.05) is 4.83 Å². The van der Waals surface area contributed by atoms with Crippen molar-refractivity contribution in [3.05, 3.63) is 59.7 Å². The zero-order chi connectivity index (χ0) is 17.7. The van der Waals surface area contributed by atoms with Gasteiger partial charge in [-0.1, -0.05) is 12.1 Å². The van der Waals surface area contributed by atoms with E-state index < -0.39 is 15.9 Å². The molecule has 1 amide bonds. The Morgan fingerprint density at radius 1 is 1.00 bits per heavy atom. The first-order chi connectivity index (χ1) is 11.3. The predicted molar refractivity (Wildman–Crippen MR) is 87.2 cm³/mol. The van der Waals surface area contributed by atoms with Crippen LogP contribution in [0.15, 0.2) is 53.4 Å². The minimum absolute atomic E-state index is 0.120. The molecule has 0 aliphatic rings. The van der Waals surface area contributed by atoms with E-state index in [2.05, 4.69) is 5.43 Å². The minimum atomic E-state index is -3.99. The first-order valence-corrected chi connectivity index (χ1v) is 8.39. The fourth-order valence-corrected chi connectivity index (χ4v) is 2.75. The highest BCUT2D eigenvalue weighted by molar-refractivity contribution is 7.89. The molecule has 0 saturated carbocycles. The maximum Gasteiger partial charge on any atom is 0.266 e. The van der Waals surface area contributed by atoms with E-state index in [-0.39, 0.29) is 21.8 Å². The molecule has 0 radical (unpaired) electrons. The summed E-state index contributed by atoms with van der Waals surface area (Å²) in [5.41, 5.74) is 2.64. The average molecular weight is 348 g/mol. The molecule has 0 saturated heterocycles. The Morgan fingerprint density at radius 2 is 1.67 bits per heavy atom. The van der Waals surface area contributed by atoms with Crippen molar-refractivity contribution in [2.45, 2.75) is 11.8 Å². The highest BCUT2D eigenvalue weighted by Gasteiger charge is 2.17. The summed E-state index contributed by atoms with van der Waals surface area (Å²) in [6.45, 7) is 1.34. The molecule has 2 N–H and O–H groups in total. The van der Waals surface area contributed by atoms with Crippen LogP contribution in [0.25, 0.3) is 0 Å². The molecule has 7 nitrogen and oxygen atoms in total. The second-order valence-corrected chi connectivity index (χ2v) is 6.55. The number of carbonyl (C=O) groups excluding carboxylic acids is 2. The van der Waals surface area contributed by atoms with Crippen molar-refractivity contribution in [3.8, 4) is 5.75 Å². The molecular formula is C16H16N2O5S. The monoisotopic (exact) mass is 348 g/mol. The van der Waals surface area contributed by atoms with Crippen LogP contribution >= 0.6 is 0 Å². The van der Waals surface area contributed by atoms with Gasteiger partial charge in [-0.25, -0.2) is 8.42 Å². The number of rotatable bonds is 6. The number of hydrazine groups is 1. The summed E-state index contributed by atoms with van der Waals surface area (Å²) in [7, 11) is -2.49. The van der Waals surface area contributed by atoms with Gasteiger partial charge < -0.3 is 4.74 Å². The second kappa shape index (κ2) is 7.24. The maximum absolute atomic E-state index is 12.2. The highest BCUT2D eigenvalue weighted by atomic mass is 32.2. The maximum atomic E-state index is 12.2. The van der Waals surface area contributed by atoms with Crippen LogP contribution in [0.2, 0.25) is 0 Å². The van der Waals surface area contributed by atoms with Crippen LogP contribution < -0.4 is 15.0 Å². The van der Waals surface area contributed by atoms with Gasteiger partial charge in [0.15, 0.2) is 5.78 Å². The largest absolute Gasteiger partial charge is 0.497 e. The lowest BCUT2D eigenvalue weighted by atomic mass is 10.2. The Morgan fingerprint density at radius 3 is 2.25 bits per heavy atom. The molecule has 126 valence electrons. The van der Waals surface area contributed by atoms with Gasteiger partial charge in [-0.05, 0) is 43.3 Å². The van der Waals surface area contributed by atoms with Crippen LogP contribution in [-0.2, 0) is 10.0 Å². The summed E-state index contributed by atoms with van der Waals surface area (Å²) in [6.07, 6.45) is 0. The molecule has 0 heterocycles. The summed E-state index contributed by atoms with van der Waals surface area (Å²) >= 11 is 0. The van der Waals surface area contributed by atoms with E-state index in [4.69, 9.17) is 4.74 Å². The Hall–Kier alpha value is -2.71. The smallest absolute Gasteiger partial charge is 0.266 e. The van der Waals surface area contributed by atoms with Gasteiger partial charge in [0.2, 0.25) is 0 Å². The molecule has 0 aliphatic carbocycles. The van der Waals surface area contributed by atoms with Crippen molar-refractivity contribution in [1.82, 2.24) is 10.3 Å². The molecule has 0 atom stereocenters. The topological polar surface area (TPSA) is 102 Å². The van der Waals surface area contributed by atoms with E-state index in [9.17, 15) is 18.0 Å². The van der Waals surface area contributed by atoms with E-state index in [0.29, 0.717) is 5.75 Å². The Kier molecular flexibility index (Phi) is 5.32. The number of hydrogen-bond donors (Lipinski definition) is 2. The van der Waals surface area contributed by atoms with Crippen LogP contribution in [0.3, 0.4) is 0 Å². The lowest BCUT2D eigenvalue weighted by Crippen LogP contribution is -2.41. The third-order valence-electron chi connectivity index (χ3n) is 3.20. The lowest BCUT2D eigenvalue weighted by Gasteiger charge is -2.09. The van der Waals surface area contributed by atoms with Crippen molar-refractivity contribution in [3.63, 3.8) is 0 Å². The van der Waals surface area contributed by atoms with E-state index in [0.717, 1.165) is 0 Å². The molecule has 0 bridgehead atoms. The first kappa shape index (κ1) is 17.6. The van der Waals surface area contributed by atoms with Gasteiger partial charge >= 0.3 is 0 Å². The van der Waals surface area contributed by atoms with Crippen LogP contribution in [0.1, 0.15) is 27.6 Å². The molecule has 0 unspecified atom stereocenters. The number of amides is 1. The molecule has 0 fully saturated rings. The standard InChI is InChI=1S/C16H16N2O5S/c1-11(19)13-4-3-5-15(10-13)24(21,22)18-17-16(20)12-6-8-14(23-2)9-7-12/h3-10,18H,1-2H3,(H,17,20). The van der Waals surface area contributed by atoms with Gasteiger partial charge in [0, 0.05) is 11.1 Å². The van der Waals surface area contributed by atoms with Crippen LogP contribution in [0, 0.1) is 0 Å². The minimum Gasteiger partial charge on any atom is -0.497 e. The van der Waals surface area contributed by atoms with Gasteiger partial charge in [-0.15, -0.1) is 4.83 Å². The number of carbonyl (C=O) groups is 2. The van der Waals surface area contributed by atoms with E-state index in [1.54, 1.807) is 12.1 Å². The lowest BCUT2D eigenvalue weighted by molar-refractivity contribution is 0.0944. The molecule has 8 heteroatoms. The SMILES string of the molecule is COc1ccc(C(=O)NNS(=O)(=O)c2cccc(C(C)=O)c2)cc1. The van der Waals surface area contributed by atoms with Crippen molar-refractivity contribution in [1.29, 1.82) is 0 Å². The fourth-order valence-electron chi connectivity index (χ4n) is 1.87. The normalized spacial score (nSPS) is 10.9. The number of sulfonamides is 1. The van der Waals surface area contributed by atoms with Crippen molar-refractivity contribution >= 4 is 21.7 Å². The third kappa shape index (κ3) is 4.18. The molecule has 0 aliphatic heterocycles. The highest BCUT2D eigenvalue weighted by Crippen LogP contribution is 2.13. The molecule has 0 spiro atoms. The Bertz CT molecular complexity index is 860. The summed E-state index contributed by atoms with van der Waals surface area (Å²) in [4.78, 5) is 25.2. The van der Waals surface area contributed by atoms with E-state index >= 15 is 0 Å². The van der Waals surface area contributed by atoms with Gasteiger partial charge in [0.05, 0.1) is 12.0 Å².